The van der Waals surface area contributed by atoms with E-state index in [1.807, 2.05) is 13.8 Å². The normalized spacial score (nSPS) is 11.9. The van der Waals surface area contributed by atoms with Crippen molar-refractivity contribution in [3.63, 3.8) is 0 Å². The number of hydrogen-bond acceptors (Lipinski definition) is 2. The number of anilines is 1. The molecule has 0 heterocycles. The zero-order valence-corrected chi connectivity index (χ0v) is 8.26. The minimum Gasteiger partial charge on any atom is -0.359 e. The van der Waals surface area contributed by atoms with Gasteiger partial charge >= 0.3 is 0 Å². The van der Waals surface area contributed by atoms with Crippen LogP contribution in [0.1, 0.15) is 13.8 Å². The number of nitrogens with one attached hydrogen (secondary N) is 2. The van der Waals surface area contributed by atoms with Crippen LogP contribution in [0, 0.1) is 11.2 Å². The predicted octanol–water partition coefficient (Wildman–Crippen LogP) is 3.18. The quantitative estimate of drug-likeness (QED) is 0.709. The Morgan fingerprint density at radius 2 is 1.86 bits per heavy atom. The molecule has 1 aromatic rings. The highest BCUT2D eigenvalue weighted by molar-refractivity contribution is 5.77. The third-order valence-electron chi connectivity index (χ3n) is 1.98. The number of hydrogen-bond donors (Lipinski definition) is 2. The lowest BCUT2D eigenvalue weighted by Gasteiger charge is -2.07. The first kappa shape index (κ1) is 10.4. The maximum Gasteiger partial charge on any atom is 0.123 e. The van der Waals surface area contributed by atoms with Gasteiger partial charge in [-0.1, -0.05) is 0 Å². The molecule has 0 amide bonds. The minimum absolute atomic E-state index is 0.249. The van der Waals surface area contributed by atoms with E-state index < -0.39 is 0 Å². The topological polar surface area (TPSA) is 35.9 Å². The molecule has 2 nitrogen and oxygen atoms in total. The highest BCUT2D eigenvalue weighted by Gasteiger charge is 1.96. The van der Waals surface area contributed by atoms with Crippen LogP contribution in [0.3, 0.4) is 0 Å². The number of benzene rings is 1. The van der Waals surface area contributed by atoms with Gasteiger partial charge in [-0.25, -0.2) is 4.39 Å². The van der Waals surface area contributed by atoms with Gasteiger partial charge in [-0.3, -0.25) is 0 Å². The smallest absolute Gasteiger partial charge is 0.123 e. The zero-order chi connectivity index (χ0) is 10.6. The summed E-state index contributed by atoms with van der Waals surface area (Å²) in [5.74, 6) is -0.249. The molecule has 14 heavy (non-hydrogen) atoms. The van der Waals surface area contributed by atoms with Crippen molar-refractivity contribution in [1.29, 1.82) is 5.41 Å². The Balaban J connectivity index is 2.79. The van der Waals surface area contributed by atoms with Crippen LogP contribution < -0.4 is 5.32 Å². The molecular formula is C11H13FN2. The Morgan fingerprint density at radius 1 is 1.29 bits per heavy atom. The summed E-state index contributed by atoms with van der Waals surface area (Å²) in [5.41, 5.74) is 2.58. The minimum atomic E-state index is -0.249. The highest BCUT2D eigenvalue weighted by Crippen LogP contribution is 2.12. The average Bonchev–Trinajstić information content (AvgIpc) is 2.20. The van der Waals surface area contributed by atoms with Gasteiger partial charge in [0.25, 0.3) is 0 Å². The summed E-state index contributed by atoms with van der Waals surface area (Å²) in [4.78, 5) is 0. The van der Waals surface area contributed by atoms with Crippen LogP contribution in [0.15, 0.2) is 35.5 Å². The van der Waals surface area contributed by atoms with E-state index >= 15 is 0 Å². The van der Waals surface area contributed by atoms with Crippen LogP contribution >= 0.6 is 0 Å². The summed E-state index contributed by atoms with van der Waals surface area (Å²) >= 11 is 0. The molecule has 0 radical (unpaired) electrons. The van der Waals surface area contributed by atoms with Crippen LogP contribution in [0.2, 0.25) is 0 Å². The van der Waals surface area contributed by atoms with Gasteiger partial charge in [-0.2, -0.15) is 0 Å². The van der Waals surface area contributed by atoms with E-state index in [0.29, 0.717) is 0 Å². The Bertz CT molecular complexity index is 352. The van der Waals surface area contributed by atoms with Crippen LogP contribution in [-0.4, -0.2) is 6.21 Å². The molecule has 2 N–H and O–H groups in total. The van der Waals surface area contributed by atoms with Crippen molar-refractivity contribution in [3.8, 4) is 0 Å². The van der Waals surface area contributed by atoms with E-state index in [0.717, 1.165) is 17.0 Å². The van der Waals surface area contributed by atoms with E-state index in [9.17, 15) is 4.39 Å². The van der Waals surface area contributed by atoms with E-state index in [4.69, 9.17) is 5.41 Å². The van der Waals surface area contributed by atoms with Gasteiger partial charge in [0.15, 0.2) is 0 Å². The van der Waals surface area contributed by atoms with Gasteiger partial charge in [0.1, 0.15) is 5.82 Å². The predicted molar refractivity (Wildman–Crippen MR) is 57.2 cm³/mol. The van der Waals surface area contributed by atoms with Gasteiger partial charge in [0.2, 0.25) is 0 Å². The largest absolute Gasteiger partial charge is 0.359 e. The molecule has 0 unspecified atom stereocenters. The molecule has 0 aliphatic heterocycles. The molecule has 0 aliphatic rings. The standard InChI is InChI=1S/C11H13FN2/c1-8(7-13)9(2)14-11-5-3-10(12)4-6-11/h3-7,13-14H,1-2H3/b9-8-,13-7?. The van der Waals surface area contributed by atoms with Crippen molar-refractivity contribution in [2.75, 3.05) is 5.32 Å². The molecule has 0 saturated carbocycles. The van der Waals surface area contributed by atoms with E-state index in [2.05, 4.69) is 5.32 Å². The van der Waals surface area contributed by atoms with Crippen LogP contribution in [0.4, 0.5) is 10.1 Å². The van der Waals surface area contributed by atoms with Crippen molar-refractivity contribution in [1.82, 2.24) is 0 Å². The first-order valence-electron chi connectivity index (χ1n) is 4.34. The van der Waals surface area contributed by atoms with Crippen LogP contribution in [0.5, 0.6) is 0 Å². The lowest BCUT2D eigenvalue weighted by Crippen LogP contribution is -1.99. The molecule has 0 aromatic heterocycles. The summed E-state index contributed by atoms with van der Waals surface area (Å²) in [7, 11) is 0. The number of rotatable bonds is 3. The van der Waals surface area contributed by atoms with Crippen molar-refractivity contribution >= 4 is 11.9 Å². The Hall–Kier alpha value is -1.64. The fourth-order valence-electron chi connectivity index (χ4n) is 0.957. The van der Waals surface area contributed by atoms with Gasteiger partial charge in [-0.05, 0) is 43.7 Å². The molecule has 1 rings (SSSR count). The molecule has 0 fully saturated rings. The maximum atomic E-state index is 12.6. The molecule has 3 heteroatoms. The summed E-state index contributed by atoms with van der Waals surface area (Å²) in [6, 6.07) is 6.12. The second-order valence-corrected chi connectivity index (χ2v) is 3.08. The fourth-order valence-corrected chi connectivity index (χ4v) is 0.957. The second kappa shape index (κ2) is 4.56. The lowest BCUT2D eigenvalue weighted by molar-refractivity contribution is 0.628. The monoisotopic (exact) mass is 192 g/mol. The third kappa shape index (κ3) is 2.69. The summed E-state index contributed by atoms with van der Waals surface area (Å²) in [6.07, 6.45) is 1.28. The summed E-state index contributed by atoms with van der Waals surface area (Å²) < 4.78 is 12.6. The molecule has 74 valence electrons. The molecular weight excluding hydrogens is 179 g/mol. The Morgan fingerprint density at radius 3 is 2.36 bits per heavy atom. The maximum absolute atomic E-state index is 12.6. The van der Waals surface area contributed by atoms with Crippen molar-refractivity contribution in [2.45, 2.75) is 13.8 Å². The second-order valence-electron chi connectivity index (χ2n) is 3.08. The van der Waals surface area contributed by atoms with E-state index in [1.54, 1.807) is 12.1 Å². The highest BCUT2D eigenvalue weighted by atomic mass is 19.1. The molecule has 0 spiro atoms. The van der Waals surface area contributed by atoms with Crippen molar-refractivity contribution < 1.29 is 4.39 Å². The summed E-state index contributed by atoms with van der Waals surface area (Å²) in [5, 5.41) is 10.1. The van der Waals surface area contributed by atoms with Crippen LogP contribution in [0.25, 0.3) is 0 Å². The van der Waals surface area contributed by atoms with Gasteiger partial charge in [0, 0.05) is 17.6 Å². The molecule has 0 atom stereocenters. The third-order valence-corrected chi connectivity index (χ3v) is 1.98. The first-order chi connectivity index (χ1) is 6.63. The lowest BCUT2D eigenvalue weighted by atomic mass is 10.2. The number of halogens is 1. The summed E-state index contributed by atoms with van der Waals surface area (Å²) in [6.45, 7) is 3.72. The Labute approximate surface area is 83.0 Å². The average molecular weight is 192 g/mol. The number of allylic oxidation sites excluding steroid dienone is 2. The van der Waals surface area contributed by atoms with Gasteiger partial charge < -0.3 is 10.7 Å². The van der Waals surface area contributed by atoms with Crippen molar-refractivity contribution in [2.24, 2.45) is 0 Å². The molecule has 0 saturated heterocycles. The van der Waals surface area contributed by atoms with E-state index in [1.165, 1.54) is 18.3 Å². The Kier molecular flexibility index (Phi) is 3.40. The molecule has 0 bridgehead atoms. The van der Waals surface area contributed by atoms with Gasteiger partial charge in [-0.15, -0.1) is 0 Å². The van der Waals surface area contributed by atoms with Crippen molar-refractivity contribution in [3.05, 3.63) is 41.4 Å². The van der Waals surface area contributed by atoms with E-state index in [-0.39, 0.29) is 5.82 Å². The SMILES string of the molecule is C/C(C=N)=C(\C)Nc1ccc(F)cc1. The first-order valence-corrected chi connectivity index (χ1v) is 4.34. The van der Waals surface area contributed by atoms with Gasteiger partial charge in [0.05, 0.1) is 0 Å². The van der Waals surface area contributed by atoms with Crippen LogP contribution in [-0.2, 0) is 0 Å². The fraction of sp³-hybridized carbons (Fsp3) is 0.182. The zero-order valence-electron chi connectivity index (χ0n) is 8.26. The molecule has 1 aromatic carbocycles. The molecule has 0 aliphatic carbocycles.